The van der Waals surface area contributed by atoms with Crippen LogP contribution in [0, 0.1) is 0 Å². The summed E-state index contributed by atoms with van der Waals surface area (Å²) in [6.45, 7) is 6.60. The summed E-state index contributed by atoms with van der Waals surface area (Å²) in [5.41, 5.74) is 0. The first-order chi connectivity index (χ1) is 5.84. The molecule has 0 aliphatic heterocycles. The van der Waals surface area contributed by atoms with Gasteiger partial charge in [0.15, 0.2) is 11.5 Å². The third-order valence-corrected chi connectivity index (χ3v) is 1.57. The van der Waals surface area contributed by atoms with Gasteiger partial charge in [0.2, 0.25) is 0 Å². The molecule has 1 heterocycles. The van der Waals surface area contributed by atoms with Crippen molar-refractivity contribution < 1.29 is 9.15 Å². The molecule has 0 spiro atoms. The van der Waals surface area contributed by atoms with Crippen LogP contribution in [0.1, 0.15) is 25.5 Å². The van der Waals surface area contributed by atoms with Crippen molar-refractivity contribution in [2.24, 2.45) is 0 Å². The smallest absolute Gasteiger partial charge is 0.167 e. The van der Waals surface area contributed by atoms with Gasteiger partial charge in [0, 0.05) is 0 Å². The molecule has 0 fully saturated rings. The average Bonchev–Trinajstić information content (AvgIpc) is 2.56. The average molecular weight is 166 g/mol. The molecule has 0 aliphatic carbocycles. The third kappa shape index (κ3) is 2.46. The summed E-state index contributed by atoms with van der Waals surface area (Å²) in [5.74, 6) is 1.33. The highest BCUT2D eigenvalue weighted by molar-refractivity contribution is 5.51. The lowest BCUT2D eigenvalue weighted by atomic mass is 10.3. The number of furan rings is 1. The van der Waals surface area contributed by atoms with Gasteiger partial charge in [0.05, 0.1) is 12.9 Å². The maximum atomic E-state index is 5.34. The highest BCUT2D eigenvalue weighted by Gasteiger charge is 2.00. The van der Waals surface area contributed by atoms with Crippen molar-refractivity contribution in [3.05, 3.63) is 30.7 Å². The molecule has 0 amide bonds. The van der Waals surface area contributed by atoms with Crippen LogP contribution in [-0.4, -0.2) is 6.61 Å². The number of hydrogen-bond acceptors (Lipinski definition) is 2. The Balaban J connectivity index is 2.30. The molecule has 2 nitrogen and oxygen atoms in total. The summed E-state index contributed by atoms with van der Waals surface area (Å²) in [4.78, 5) is 0. The van der Waals surface area contributed by atoms with E-state index in [9.17, 15) is 0 Å². The zero-order valence-electron chi connectivity index (χ0n) is 7.38. The van der Waals surface area contributed by atoms with E-state index < -0.39 is 0 Å². The second kappa shape index (κ2) is 4.65. The first kappa shape index (κ1) is 8.91. The van der Waals surface area contributed by atoms with Crippen LogP contribution in [0.15, 0.2) is 29.4 Å². The van der Waals surface area contributed by atoms with Gasteiger partial charge in [-0.3, -0.25) is 0 Å². The van der Waals surface area contributed by atoms with Gasteiger partial charge in [-0.2, -0.15) is 0 Å². The molecule has 0 N–H and O–H groups in total. The molecule has 0 atom stereocenters. The SMILES string of the molecule is C=C(OCCCC)c1ccco1. The zero-order chi connectivity index (χ0) is 8.81. The molecule has 1 rings (SSSR count). The molecule has 0 saturated carbocycles. The first-order valence-corrected chi connectivity index (χ1v) is 4.20. The van der Waals surface area contributed by atoms with Crippen LogP contribution in [-0.2, 0) is 4.74 Å². The summed E-state index contributed by atoms with van der Waals surface area (Å²) in [6.07, 6.45) is 3.80. The van der Waals surface area contributed by atoms with Crippen molar-refractivity contribution in [3.63, 3.8) is 0 Å². The van der Waals surface area contributed by atoms with Crippen molar-refractivity contribution in [2.75, 3.05) is 6.61 Å². The third-order valence-electron chi connectivity index (χ3n) is 1.57. The largest absolute Gasteiger partial charge is 0.490 e. The number of hydrogen-bond donors (Lipinski definition) is 0. The monoisotopic (exact) mass is 166 g/mol. The van der Waals surface area contributed by atoms with Crippen molar-refractivity contribution in [1.82, 2.24) is 0 Å². The molecule has 1 aromatic rings. The first-order valence-electron chi connectivity index (χ1n) is 4.20. The minimum atomic E-state index is 0.619. The molecule has 1 aromatic heterocycles. The molecule has 0 unspecified atom stereocenters. The molecule has 0 aliphatic rings. The molecule has 12 heavy (non-hydrogen) atoms. The van der Waals surface area contributed by atoms with Gasteiger partial charge in [-0.15, -0.1) is 0 Å². The van der Waals surface area contributed by atoms with Crippen molar-refractivity contribution >= 4 is 5.76 Å². The topological polar surface area (TPSA) is 22.4 Å². The van der Waals surface area contributed by atoms with E-state index in [1.165, 1.54) is 0 Å². The minimum absolute atomic E-state index is 0.619. The predicted octanol–water partition coefficient (Wildman–Crippen LogP) is 3.07. The highest BCUT2D eigenvalue weighted by atomic mass is 16.5. The van der Waals surface area contributed by atoms with E-state index >= 15 is 0 Å². The summed E-state index contributed by atoms with van der Waals surface area (Å²) >= 11 is 0. The summed E-state index contributed by atoms with van der Waals surface area (Å²) in [5, 5.41) is 0. The Morgan fingerprint density at radius 2 is 2.50 bits per heavy atom. The second-order valence-corrected chi connectivity index (χ2v) is 2.60. The van der Waals surface area contributed by atoms with Gasteiger partial charge >= 0.3 is 0 Å². The Labute approximate surface area is 72.8 Å². The van der Waals surface area contributed by atoms with Crippen LogP contribution >= 0.6 is 0 Å². The van der Waals surface area contributed by atoms with Crippen molar-refractivity contribution in [3.8, 4) is 0 Å². The van der Waals surface area contributed by atoms with Gasteiger partial charge in [-0.1, -0.05) is 19.9 Å². The molecule has 0 radical (unpaired) electrons. The predicted molar refractivity (Wildman–Crippen MR) is 48.6 cm³/mol. The van der Waals surface area contributed by atoms with Gasteiger partial charge in [-0.25, -0.2) is 0 Å². The fraction of sp³-hybridized carbons (Fsp3) is 0.400. The maximum absolute atomic E-state index is 5.34. The quantitative estimate of drug-likeness (QED) is 0.495. The molecule has 66 valence electrons. The van der Waals surface area contributed by atoms with Gasteiger partial charge in [0.1, 0.15) is 0 Å². The zero-order valence-corrected chi connectivity index (χ0v) is 7.38. The van der Waals surface area contributed by atoms with Crippen LogP contribution in [0.25, 0.3) is 5.76 Å². The van der Waals surface area contributed by atoms with Crippen LogP contribution in [0.5, 0.6) is 0 Å². The summed E-state index contributed by atoms with van der Waals surface area (Å²) in [7, 11) is 0. The molecule has 2 heteroatoms. The van der Waals surface area contributed by atoms with Crippen LogP contribution < -0.4 is 0 Å². The van der Waals surface area contributed by atoms with E-state index in [0.717, 1.165) is 19.4 Å². The Bertz CT molecular complexity index is 224. The Morgan fingerprint density at radius 3 is 3.08 bits per heavy atom. The molecular weight excluding hydrogens is 152 g/mol. The van der Waals surface area contributed by atoms with Gasteiger partial charge < -0.3 is 9.15 Å². The lowest BCUT2D eigenvalue weighted by Crippen LogP contribution is -1.91. The lowest BCUT2D eigenvalue weighted by Gasteiger charge is -2.04. The van der Waals surface area contributed by atoms with Crippen LogP contribution in [0.2, 0.25) is 0 Å². The second-order valence-electron chi connectivity index (χ2n) is 2.60. The van der Waals surface area contributed by atoms with Crippen molar-refractivity contribution in [2.45, 2.75) is 19.8 Å². The maximum Gasteiger partial charge on any atom is 0.167 e. The van der Waals surface area contributed by atoms with Gasteiger partial charge in [-0.05, 0) is 18.6 Å². The van der Waals surface area contributed by atoms with E-state index in [1.54, 1.807) is 6.26 Å². The van der Waals surface area contributed by atoms with E-state index in [2.05, 4.69) is 13.5 Å². The molecule has 0 bridgehead atoms. The normalized spacial score (nSPS) is 9.75. The Morgan fingerprint density at radius 1 is 1.67 bits per heavy atom. The fourth-order valence-electron chi connectivity index (χ4n) is 0.848. The number of rotatable bonds is 5. The fourth-order valence-corrected chi connectivity index (χ4v) is 0.848. The van der Waals surface area contributed by atoms with E-state index in [1.807, 2.05) is 12.1 Å². The number of unbranched alkanes of at least 4 members (excludes halogenated alkanes) is 1. The summed E-state index contributed by atoms with van der Waals surface area (Å²) < 4.78 is 10.4. The van der Waals surface area contributed by atoms with Crippen LogP contribution in [0.3, 0.4) is 0 Å². The van der Waals surface area contributed by atoms with E-state index in [-0.39, 0.29) is 0 Å². The van der Waals surface area contributed by atoms with Gasteiger partial charge in [0.25, 0.3) is 0 Å². The van der Waals surface area contributed by atoms with Crippen LogP contribution in [0.4, 0.5) is 0 Å². The summed E-state index contributed by atoms with van der Waals surface area (Å²) in [6, 6.07) is 3.66. The number of ether oxygens (including phenoxy) is 1. The Kier molecular flexibility index (Phi) is 3.45. The molecule has 0 aromatic carbocycles. The van der Waals surface area contributed by atoms with Crippen molar-refractivity contribution in [1.29, 1.82) is 0 Å². The van der Waals surface area contributed by atoms with E-state index in [4.69, 9.17) is 9.15 Å². The lowest BCUT2D eigenvalue weighted by molar-refractivity contribution is 0.262. The minimum Gasteiger partial charge on any atom is -0.490 e. The van der Waals surface area contributed by atoms with E-state index in [0.29, 0.717) is 11.5 Å². The standard InChI is InChI=1S/C10H14O2/c1-3-4-7-11-9(2)10-6-5-8-12-10/h5-6,8H,2-4,7H2,1H3. The molecular formula is C10H14O2. The Hall–Kier alpha value is -1.18. The molecule has 0 saturated heterocycles. The highest BCUT2D eigenvalue weighted by Crippen LogP contribution is 2.13.